The van der Waals surface area contributed by atoms with Gasteiger partial charge in [-0.05, 0) is 42.8 Å². The summed E-state index contributed by atoms with van der Waals surface area (Å²) in [6, 6.07) is 15.4. The Morgan fingerprint density at radius 3 is 2.67 bits per heavy atom. The van der Waals surface area contributed by atoms with E-state index in [2.05, 4.69) is 26.3 Å². The van der Waals surface area contributed by atoms with Crippen LogP contribution in [0.25, 0.3) is 5.69 Å². The van der Waals surface area contributed by atoms with Gasteiger partial charge in [0.05, 0.1) is 17.8 Å². The van der Waals surface area contributed by atoms with Crippen LogP contribution in [0.5, 0.6) is 0 Å². The highest BCUT2D eigenvalue weighted by Crippen LogP contribution is 2.20. The summed E-state index contributed by atoms with van der Waals surface area (Å²) in [4.78, 5) is 12.3. The number of anilines is 1. The summed E-state index contributed by atoms with van der Waals surface area (Å²) < 4.78 is 15.5. The number of carbonyl (C=O) groups is 1. The minimum Gasteiger partial charge on any atom is -0.310 e. The van der Waals surface area contributed by atoms with Crippen molar-refractivity contribution < 1.29 is 9.18 Å². The van der Waals surface area contributed by atoms with Crippen LogP contribution < -0.4 is 5.32 Å². The molecule has 0 aliphatic rings. The average Bonchev–Trinajstić information content (AvgIpc) is 2.90. The first kappa shape index (κ1) is 16.4. The Labute approximate surface area is 147 Å². The highest BCUT2D eigenvalue weighted by molar-refractivity contribution is 9.10. The number of nitrogens with one attached hydrogen (secondary N) is 1. The van der Waals surface area contributed by atoms with E-state index in [0.29, 0.717) is 5.82 Å². The molecule has 0 spiro atoms. The van der Waals surface area contributed by atoms with Gasteiger partial charge in [-0.1, -0.05) is 34.1 Å². The molecule has 122 valence electrons. The smallest absolute Gasteiger partial charge is 0.229 e. The van der Waals surface area contributed by atoms with Gasteiger partial charge in [0.1, 0.15) is 11.6 Å². The van der Waals surface area contributed by atoms with Crippen molar-refractivity contribution in [2.75, 3.05) is 5.32 Å². The second kappa shape index (κ2) is 6.97. The van der Waals surface area contributed by atoms with Crippen LogP contribution in [0.3, 0.4) is 0 Å². The lowest BCUT2D eigenvalue weighted by molar-refractivity contribution is -0.115. The summed E-state index contributed by atoms with van der Waals surface area (Å²) in [6.45, 7) is 1.87. The first-order valence-corrected chi connectivity index (χ1v) is 8.17. The van der Waals surface area contributed by atoms with Gasteiger partial charge in [0.15, 0.2) is 0 Å². The molecular formula is C18H15BrFN3O. The molecule has 0 aliphatic heterocycles. The van der Waals surface area contributed by atoms with Crippen LogP contribution in [0, 0.1) is 12.7 Å². The van der Waals surface area contributed by atoms with Crippen molar-refractivity contribution in [1.29, 1.82) is 0 Å². The average molecular weight is 388 g/mol. The molecule has 0 bridgehead atoms. The second-order valence-corrected chi connectivity index (χ2v) is 6.33. The molecule has 3 aromatic rings. The molecule has 1 N–H and O–H groups in total. The third-order valence-corrected chi connectivity index (χ3v) is 3.92. The molecule has 0 saturated heterocycles. The number of aryl methyl sites for hydroxylation is 1. The van der Waals surface area contributed by atoms with Crippen LogP contribution in [-0.2, 0) is 11.2 Å². The zero-order valence-corrected chi connectivity index (χ0v) is 14.5. The van der Waals surface area contributed by atoms with Crippen molar-refractivity contribution in [2.45, 2.75) is 13.3 Å². The van der Waals surface area contributed by atoms with E-state index in [1.54, 1.807) is 16.8 Å². The number of nitrogens with zero attached hydrogens (tertiary/aromatic N) is 2. The molecule has 0 unspecified atom stereocenters. The molecule has 0 saturated carbocycles. The normalized spacial score (nSPS) is 10.6. The molecule has 1 amide bonds. The summed E-state index contributed by atoms with van der Waals surface area (Å²) in [6.07, 6.45) is 0.170. The molecule has 0 aliphatic carbocycles. The molecule has 3 rings (SSSR count). The fourth-order valence-electron chi connectivity index (χ4n) is 2.37. The van der Waals surface area contributed by atoms with E-state index in [1.165, 1.54) is 12.1 Å². The van der Waals surface area contributed by atoms with E-state index in [-0.39, 0.29) is 18.1 Å². The van der Waals surface area contributed by atoms with Gasteiger partial charge in [-0.2, -0.15) is 5.10 Å². The number of benzene rings is 2. The molecule has 0 radical (unpaired) electrons. The minimum absolute atomic E-state index is 0.170. The van der Waals surface area contributed by atoms with E-state index in [1.807, 2.05) is 37.3 Å². The molecule has 1 heterocycles. The standard InChI is InChI=1S/C18H15BrFN3O/c1-12-9-17(23(22-12)16-4-2-3-14(19)11-16)21-18(24)10-13-5-7-15(20)8-6-13/h2-9,11H,10H2,1H3,(H,21,24). The van der Waals surface area contributed by atoms with Gasteiger partial charge in [0, 0.05) is 10.5 Å². The SMILES string of the molecule is Cc1cc(NC(=O)Cc2ccc(F)cc2)n(-c2cccc(Br)c2)n1. The van der Waals surface area contributed by atoms with Crippen LogP contribution in [0.1, 0.15) is 11.3 Å². The van der Waals surface area contributed by atoms with Crippen LogP contribution >= 0.6 is 15.9 Å². The lowest BCUT2D eigenvalue weighted by Crippen LogP contribution is -2.17. The quantitative estimate of drug-likeness (QED) is 0.726. The Morgan fingerprint density at radius 1 is 1.21 bits per heavy atom. The summed E-state index contributed by atoms with van der Waals surface area (Å²) in [5, 5.41) is 7.29. The lowest BCUT2D eigenvalue weighted by atomic mass is 10.1. The van der Waals surface area contributed by atoms with Gasteiger partial charge in [0.25, 0.3) is 0 Å². The number of aromatic nitrogens is 2. The number of halogens is 2. The minimum atomic E-state index is -0.317. The van der Waals surface area contributed by atoms with Crippen molar-refractivity contribution >= 4 is 27.7 Å². The Bertz CT molecular complexity index is 874. The van der Waals surface area contributed by atoms with Gasteiger partial charge in [-0.3, -0.25) is 4.79 Å². The van der Waals surface area contributed by atoms with Crippen molar-refractivity contribution in [1.82, 2.24) is 9.78 Å². The van der Waals surface area contributed by atoms with Gasteiger partial charge >= 0.3 is 0 Å². The maximum atomic E-state index is 12.9. The molecule has 2 aromatic carbocycles. The van der Waals surface area contributed by atoms with Crippen LogP contribution in [0.15, 0.2) is 59.1 Å². The van der Waals surface area contributed by atoms with Crippen molar-refractivity contribution in [2.24, 2.45) is 0 Å². The van der Waals surface area contributed by atoms with Crippen molar-refractivity contribution in [3.8, 4) is 5.69 Å². The second-order valence-electron chi connectivity index (χ2n) is 5.41. The first-order valence-electron chi connectivity index (χ1n) is 7.38. The maximum absolute atomic E-state index is 12.9. The van der Waals surface area contributed by atoms with E-state index in [4.69, 9.17) is 0 Å². The first-order chi connectivity index (χ1) is 11.5. The fourth-order valence-corrected chi connectivity index (χ4v) is 2.76. The Morgan fingerprint density at radius 2 is 1.96 bits per heavy atom. The predicted octanol–water partition coefficient (Wildman–Crippen LogP) is 4.26. The zero-order chi connectivity index (χ0) is 17.1. The van der Waals surface area contributed by atoms with Gasteiger partial charge in [-0.15, -0.1) is 0 Å². The van der Waals surface area contributed by atoms with Gasteiger partial charge in [-0.25, -0.2) is 9.07 Å². The summed E-state index contributed by atoms with van der Waals surface area (Å²) in [5.41, 5.74) is 2.39. The van der Waals surface area contributed by atoms with E-state index in [9.17, 15) is 9.18 Å². The molecule has 6 heteroatoms. The molecular weight excluding hydrogens is 373 g/mol. The van der Waals surface area contributed by atoms with Crippen molar-refractivity contribution in [3.05, 3.63) is 76.1 Å². The molecule has 4 nitrogen and oxygen atoms in total. The number of hydrogen-bond donors (Lipinski definition) is 1. The largest absolute Gasteiger partial charge is 0.310 e. The highest BCUT2D eigenvalue weighted by atomic mass is 79.9. The molecule has 0 atom stereocenters. The maximum Gasteiger partial charge on any atom is 0.229 e. The highest BCUT2D eigenvalue weighted by Gasteiger charge is 2.12. The monoisotopic (exact) mass is 387 g/mol. The Kier molecular flexibility index (Phi) is 4.76. The van der Waals surface area contributed by atoms with Crippen molar-refractivity contribution in [3.63, 3.8) is 0 Å². The third kappa shape index (κ3) is 3.89. The van der Waals surface area contributed by atoms with E-state index >= 15 is 0 Å². The molecule has 1 aromatic heterocycles. The Hall–Kier alpha value is -2.47. The lowest BCUT2D eigenvalue weighted by Gasteiger charge is -2.09. The van der Waals surface area contributed by atoms with E-state index < -0.39 is 0 Å². The summed E-state index contributed by atoms with van der Waals surface area (Å²) in [7, 11) is 0. The number of hydrogen-bond acceptors (Lipinski definition) is 2. The number of carbonyl (C=O) groups excluding carboxylic acids is 1. The predicted molar refractivity (Wildman–Crippen MR) is 94.7 cm³/mol. The number of amides is 1. The molecule has 24 heavy (non-hydrogen) atoms. The Balaban J connectivity index is 1.80. The zero-order valence-electron chi connectivity index (χ0n) is 13.0. The summed E-state index contributed by atoms with van der Waals surface area (Å²) in [5.74, 6) is 0.0954. The van der Waals surface area contributed by atoms with Gasteiger partial charge in [0.2, 0.25) is 5.91 Å². The van der Waals surface area contributed by atoms with E-state index in [0.717, 1.165) is 21.4 Å². The van der Waals surface area contributed by atoms with Gasteiger partial charge < -0.3 is 5.32 Å². The fraction of sp³-hybridized carbons (Fsp3) is 0.111. The molecule has 0 fully saturated rings. The van der Waals surface area contributed by atoms with Crippen LogP contribution in [0.2, 0.25) is 0 Å². The van der Waals surface area contributed by atoms with Crippen LogP contribution in [0.4, 0.5) is 10.2 Å². The van der Waals surface area contributed by atoms with Crippen LogP contribution in [-0.4, -0.2) is 15.7 Å². The third-order valence-electron chi connectivity index (χ3n) is 3.43. The number of rotatable bonds is 4. The topological polar surface area (TPSA) is 46.9 Å². The summed E-state index contributed by atoms with van der Waals surface area (Å²) >= 11 is 3.43.